The van der Waals surface area contributed by atoms with E-state index in [0.29, 0.717) is 0 Å². The Bertz CT molecular complexity index is 355. The lowest BCUT2D eigenvalue weighted by Gasteiger charge is -2.04. The van der Waals surface area contributed by atoms with Gasteiger partial charge in [-0.25, -0.2) is 0 Å². The molecule has 1 aliphatic rings. The summed E-state index contributed by atoms with van der Waals surface area (Å²) in [5, 5.41) is 0. The topological polar surface area (TPSA) is 26.0 Å². The summed E-state index contributed by atoms with van der Waals surface area (Å²) in [6, 6.07) is 6.46. The number of allylic oxidation sites excluding steroid dienone is 1. The van der Waals surface area contributed by atoms with Gasteiger partial charge in [0, 0.05) is 4.47 Å². The summed E-state index contributed by atoms with van der Waals surface area (Å²) in [4.78, 5) is 0. The van der Waals surface area contributed by atoms with Gasteiger partial charge < -0.3 is 5.73 Å². The number of rotatable bonds is 2. The first kappa shape index (κ1) is 8.97. The van der Waals surface area contributed by atoms with Gasteiger partial charge >= 0.3 is 0 Å². The predicted octanol–water partition coefficient (Wildman–Crippen LogP) is 2.74. The maximum atomic E-state index is 5.55. The Morgan fingerprint density at radius 2 is 2.23 bits per heavy atom. The van der Waals surface area contributed by atoms with Crippen molar-refractivity contribution in [3.8, 4) is 0 Å². The van der Waals surface area contributed by atoms with Crippen molar-refractivity contribution in [3.63, 3.8) is 0 Å². The Morgan fingerprint density at radius 3 is 3.00 bits per heavy atom. The van der Waals surface area contributed by atoms with Crippen LogP contribution >= 0.6 is 15.9 Å². The van der Waals surface area contributed by atoms with Crippen LogP contribution in [0.3, 0.4) is 0 Å². The molecule has 0 saturated heterocycles. The second-order valence-corrected chi connectivity index (χ2v) is 4.19. The van der Waals surface area contributed by atoms with E-state index in [1.165, 1.54) is 16.7 Å². The molecule has 0 bridgehead atoms. The molecule has 1 aliphatic carbocycles. The smallest absolute Gasteiger partial charge is 0.0178 e. The average molecular weight is 238 g/mol. The van der Waals surface area contributed by atoms with Crippen LogP contribution < -0.4 is 5.73 Å². The Kier molecular flexibility index (Phi) is 2.51. The standard InChI is InChI=1S/C11H12BrN/c12-10-3-4-11-8(5-6-13)1-2-9(11)7-10/h1,3-4,7H,2,5-6,13H2. The van der Waals surface area contributed by atoms with Crippen molar-refractivity contribution < 1.29 is 0 Å². The molecule has 0 spiro atoms. The zero-order valence-corrected chi connectivity index (χ0v) is 8.97. The van der Waals surface area contributed by atoms with Crippen molar-refractivity contribution in [1.82, 2.24) is 0 Å². The molecule has 0 saturated carbocycles. The molecule has 0 unspecified atom stereocenters. The molecule has 2 heteroatoms. The molecule has 0 amide bonds. The van der Waals surface area contributed by atoms with E-state index >= 15 is 0 Å². The summed E-state index contributed by atoms with van der Waals surface area (Å²) >= 11 is 3.48. The van der Waals surface area contributed by atoms with Gasteiger partial charge in [0.15, 0.2) is 0 Å². The molecule has 0 atom stereocenters. The summed E-state index contributed by atoms with van der Waals surface area (Å²) in [7, 11) is 0. The fraction of sp³-hybridized carbons (Fsp3) is 0.273. The van der Waals surface area contributed by atoms with Crippen LogP contribution in [-0.4, -0.2) is 6.54 Å². The van der Waals surface area contributed by atoms with Gasteiger partial charge in [-0.3, -0.25) is 0 Å². The molecule has 13 heavy (non-hydrogen) atoms. The summed E-state index contributed by atoms with van der Waals surface area (Å²) in [5.74, 6) is 0. The first-order valence-corrected chi connectivity index (χ1v) is 5.28. The maximum absolute atomic E-state index is 5.55. The van der Waals surface area contributed by atoms with Gasteiger partial charge in [-0.05, 0) is 48.2 Å². The van der Waals surface area contributed by atoms with Gasteiger partial charge in [0.25, 0.3) is 0 Å². The zero-order valence-electron chi connectivity index (χ0n) is 7.39. The molecular formula is C11H12BrN. The minimum absolute atomic E-state index is 0.737. The van der Waals surface area contributed by atoms with Crippen LogP contribution in [0.2, 0.25) is 0 Å². The highest BCUT2D eigenvalue weighted by molar-refractivity contribution is 9.10. The Hall–Kier alpha value is -0.600. The first-order chi connectivity index (χ1) is 6.31. The zero-order chi connectivity index (χ0) is 9.26. The summed E-state index contributed by atoms with van der Waals surface area (Å²) in [6.07, 6.45) is 4.34. The molecular weight excluding hydrogens is 226 g/mol. The van der Waals surface area contributed by atoms with Crippen molar-refractivity contribution >= 4 is 21.5 Å². The van der Waals surface area contributed by atoms with Crippen molar-refractivity contribution in [2.45, 2.75) is 12.8 Å². The van der Waals surface area contributed by atoms with Crippen molar-refractivity contribution in [1.29, 1.82) is 0 Å². The van der Waals surface area contributed by atoms with E-state index in [9.17, 15) is 0 Å². The van der Waals surface area contributed by atoms with Crippen LogP contribution in [0.25, 0.3) is 5.57 Å². The van der Waals surface area contributed by atoms with Crippen LogP contribution in [0.4, 0.5) is 0 Å². The predicted molar refractivity (Wildman–Crippen MR) is 59.5 cm³/mol. The third-order valence-corrected chi connectivity index (χ3v) is 2.89. The van der Waals surface area contributed by atoms with Gasteiger partial charge in [0.2, 0.25) is 0 Å². The summed E-state index contributed by atoms with van der Waals surface area (Å²) < 4.78 is 1.16. The molecule has 1 nitrogen and oxygen atoms in total. The third-order valence-electron chi connectivity index (χ3n) is 2.40. The van der Waals surface area contributed by atoms with Crippen molar-refractivity contribution in [3.05, 3.63) is 39.9 Å². The van der Waals surface area contributed by atoms with Gasteiger partial charge in [0.05, 0.1) is 0 Å². The highest BCUT2D eigenvalue weighted by atomic mass is 79.9. The molecule has 0 radical (unpaired) electrons. The normalized spacial score (nSPS) is 14.2. The van der Waals surface area contributed by atoms with Crippen molar-refractivity contribution in [2.24, 2.45) is 5.73 Å². The van der Waals surface area contributed by atoms with E-state index in [1.807, 2.05) is 0 Å². The van der Waals surface area contributed by atoms with E-state index < -0.39 is 0 Å². The molecule has 0 aromatic heterocycles. The molecule has 2 rings (SSSR count). The van der Waals surface area contributed by atoms with Gasteiger partial charge in [-0.2, -0.15) is 0 Å². The van der Waals surface area contributed by atoms with E-state index in [2.05, 4.69) is 40.2 Å². The lowest BCUT2D eigenvalue weighted by Crippen LogP contribution is -1.99. The number of fused-ring (bicyclic) bond motifs is 1. The van der Waals surface area contributed by atoms with Crippen molar-refractivity contribution in [2.75, 3.05) is 6.54 Å². The number of halogens is 1. The minimum atomic E-state index is 0.737. The fourth-order valence-electron chi connectivity index (χ4n) is 1.78. The highest BCUT2D eigenvalue weighted by Gasteiger charge is 2.12. The number of hydrogen-bond donors (Lipinski definition) is 1. The van der Waals surface area contributed by atoms with E-state index in [-0.39, 0.29) is 0 Å². The summed E-state index contributed by atoms with van der Waals surface area (Å²) in [6.45, 7) is 0.737. The molecule has 2 N–H and O–H groups in total. The molecule has 1 aromatic rings. The van der Waals surface area contributed by atoms with Crippen LogP contribution in [-0.2, 0) is 6.42 Å². The average Bonchev–Trinajstić information content (AvgIpc) is 2.49. The van der Waals surface area contributed by atoms with E-state index in [4.69, 9.17) is 5.73 Å². The number of nitrogens with two attached hydrogens (primary N) is 1. The van der Waals surface area contributed by atoms with Gasteiger partial charge in [-0.15, -0.1) is 0 Å². The monoisotopic (exact) mass is 237 g/mol. The first-order valence-electron chi connectivity index (χ1n) is 4.49. The molecule has 0 aliphatic heterocycles. The minimum Gasteiger partial charge on any atom is -0.330 e. The van der Waals surface area contributed by atoms with Crippen LogP contribution in [0.15, 0.2) is 28.7 Å². The van der Waals surface area contributed by atoms with Crippen LogP contribution in [0, 0.1) is 0 Å². The molecule has 0 fully saturated rings. The lowest BCUT2D eigenvalue weighted by molar-refractivity contribution is 1.02. The second-order valence-electron chi connectivity index (χ2n) is 3.27. The number of hydrogen-bond acceptors (Lipinski definition) is 1. The quantitative estimate of drug-likeness (QED) is 0.842. The van der Waals surface area contributed by atoms with Gasteiger partial charge in [0.1, 0.15) is 0 Å². The van der Waals surface area contributed by atoms with E-state index in [0.717, 1.165) is 23.9 Å². The summed E-state index contributed by atoms with van der Waals surface area (Å²) in [5.41, 5.74) is 9.75. The van der Waals surface area contributed by atoms with Gasteiger partial charge in [-0.1, -0.05) is 28.1 Å². The molecule has 1 aromatic carbocycles. The van der Waals surface area contributed by atoms with Crippen LogP contribution in [0.5, 0.6) is 0 Å². The third kappa shape index (κ3) is 1.69. The maximum Gasteiger partial charge on any atom is 0.0178 e. The Morgan fingerprint density at radius 1 is 1.38 bits per heavy atom. The molecule has 68 valence electrons. The SMILES string of the molecule is NCCC1=CCc2cc(Br)ccc21. The highest BCUT2D eigenvalue weighted by Crippen LogP contribution is 2.31. The fourth-order valence-corrected chi connectivity index (χ4v) is 2.19. The second kappa shape index (κ2) is 3.64. The Labute approximate surface area is 86.8 Å². The Balaban J connectivity index is 2.34. The number of benzene rings is 1. The lowest BCUT2D eigenvalue weighted by atomic mass is 10.0. The molecule has 0 heterocycles. The largest absolute Gasteiger partial charge is 0.330 e. The van der Waals surface area contributed by atoms with E-state index in [1.54, 1.807) is 0 Å². The van der Waals surface area contributed by atoms with Crippen LogP contribution in [0.1, 0.15) is 17.5 Å².